The molecule has 0 radical (unpaired) electrons. The highest BCUT2D eigenvalue weighted by Crippen LogP contribution is 2.16. The highest BCUT2D eigenvalue weighted by Gasteiger charge is 2.02. The molecule has 22 heavy (non-hydrogen) atoms. The topological polar surface area (TPSA) is 38.3 Å². The summed E-state index contributed by atoms with van der Waals surface area (Å²) < 4.78 is 5.56. The fraction of sp³-hybridized carbons (Fsp3) is 0.235. The van der Waals surface area contributed by atoms with Gasteiger partial charge in [-0.25, -0.2) is 0 Å². The van der Waals surface area contributed by atoms with Crippen molar-refractivity contribution in [2.45, 2.75) is 6.92 Å². The van der Waals surface area contributed by atoms with Gasteiger partial charge in [-0.1, -0.05) is 29.3 Å². The summed E-state index contributed by atoms with van der Waals surface area (Å²) in [6, 6.07) is 15.0. The number of halogens is 1. The second kappa shape index (κ2) is 8.71. The van der Waals surface area contributed by atoms with Crippen LogP contribution < -0.4 is 10.1 Å². The molecule has 2 aromatic carbocycles. The second-order valence-electron chi connectivity index (χ2n) is 4.77. The van der Waals surface area contributed by atoms with Crippen LogP contribution in [0.2, 0.25) is 5.02 Å². The number of benzene rings is 2. The minimum absolute atomic E-state index is 0.000320. The molecule has 0 heterocycles. The van der Waals surface area contributed by atoms with E-state index in [1.165, 1.54) is 5.56 Å². The van der Waals surface area contributed by atoms with E-state index < -0.39 is 0 Å². The van der Waals surface area contributed by atoms with Crippen molar-refractivity contribution < 1.29 is 9.53 Å². The van der Waals surface area contributed by atoms with Crippen LogP contribution in [-0.4, -0.2) is 24.0 Å². The molecule has 0 saturated carbocycles. The Bertz CT molecular complexity index is 599. The second-order valence-corrected chi connectivity index (χ2v) is 6.31. The first-order valence-electron chi connectivity index (χ1n) is 6.96. The van der Waals surface area contributed by atoms with Gasteiger partial charge in [-0.05, 0) is 43.3 Å². The van der Waals surface area contributed by atoms with E-state index in [4.69, 9.17) is 16.3 Å². The largest absolute Gasteiger partial charge is 0.493 e. The molecule has 116 valence electrons. The molecule has 0 aliphatic heterocycles. The third kappa shape index (κ3) is 6.00. The van der Waals surface area contributed by atoms with Crippen molar-refractivity contribution in [2.75, 3.05) is 23.4 Å². The van der Waals surface area contributed by atoms with E-state index in [-0.39, 0.29) is 5.91 Å². The first-order valence-corrected chi connectivity index (χ1v) is 8.49. The number of rotatable bonds is 7. The lowest BCUT2D eigenvalue weighted by Gasteiger charge is -2.07. The normalized spacial score (nSPS) is 10.3. The number of ether oxygens (including phenoxy) is 1. The number of nitrogens with one attached hydrogen (secondary N) is 1. The minimum atomic E-state index is 0.000320. The van der Waals surface area contributed by atoms with Gasteiger partial charge in [0.05, 0.1) is 12.4 Å². The molecule has 2 rings (SSSR count). The molecule has 3 nitrogen and oxygen atoms in total. The predicted octanol–water partition coefficient (Wildman–Crippen LogP) is 4.40. The van der Waals surface area contributed by atoms with Crippen molar-refractivity contribution >= 4 is 35.0 Å². The number of aryl methyl sites for hydroxylation is 1. The maximum Gasteiger partial charge on any atom is 0.234 e. The number of carbonyl (C=O) groups excluding carboxylic acids is 1. The zero-order valence-electron chi connectivity index (χ0n) is 12.3. The third-order valence-corrected chi connectivity index (χ3v) is 4.05. The van der Waals surface area contributed by atoms with Gasteiger partial charge in [0, 0.05) is 16.5 Å². The van der Waals surface area contributed by atoms with Crippen LogP contribution >= 0.6 is 23.4 Å². The van der Waals surface area contributed by atoms with Crippen molar-refractivity contribution in [3.63, 3.8) is 0 Å². The molecular formula is C17H18ClNO2S. The Kier molecular flexibility index (Phi) is 6.62. The minimum Gasteiger partial charge on any atom is -0.493 e. The van der Waals surface area contributed by atoms with Gasteiger partial charge in [-0.3, -0.25) is 4.79 Å². The van der Waals surface area contributed by atoms with Crippen LogP contribution in [0.25, 0.3) is 0 Å². The molecule has 0 spiro atoms. The predicted molar refractivity (Wildman–Crippen MR) is 94.1 cm³/mol. The van der Waals surface area contributed by atoms with E-state index >= 15 is 0 Å². The van der Waals surface area contributed by atoms with Crippen LogP contribution in [0.5, 0.6) is 5.75 Å². The van der Waals surface area contributed by atoms with Crippen molar-refractivity contribution in [2.24, 2.45) is 0 Å². The Balaban J connectivity index is 1.61. The molecule has 0 aliphatic carbocycles. The Labute approximate surface area is 140 Å². The lowest BCUT2D eigenvalue weighted by atomic mass is 10.2. The summed E-state index contributed by atoms with van der Waals surface area (Å²) in [7, 11) is 0. The van der Waals surface area contributed by atoms with Crippen molar-refractivity contribution in [3.05, 3.63) is 59.1 Å². The monoisotopic (exact) mass is 335 g/mol. The van der Waals surface area contributed by atoms with Crippen LogP contribution in [0.1, 0.15) is 5.56 Å². The SMILES string of the molecule is Cc1ccc(NC(=O)CSCCOc2ccc(Cl)cc2)cc1. The summed E-state index contributed by atoms with van der Waals surface area (Å²) >= 11 is 7.34. The molecule has 0 unspecified atom stereocenters. The van der Waals surface area contributed by atoms with Crippen LogP contribution in [0.4, 0.5) is 5.69 Å². The molecule has 0 fully saturated rings. The molecule has 0 aliphatic rings. The van der Waals surface area contributed by atoms with Crippen molar-refractivity contribution in [1.82, 2.24) is 0 Å². The lowest BCUT2D eigenvalue weighted by Crippen LogP contribution is -2.15. The summed E-state index contributed by atoms with van der Waals surface area (Å²) in [6.45, 7) is 2.58. The van der Waals surface area contributed by atoms with E-state index in [1.807, 2.05) is 43.3 Å². The standard InChI is InChI=1S/C17H18ClNO2S/c1-13-2-6-15(7-3-13)19-17(20)12-22-11-10-21-16-8-4-14(18)5-9-16/h2-9H,10-12H2,1H3,(H,19,20). The zero-order valence-corrected chi connectivity index (χ0v) is 13.9. The molecular weight excluding hydrogens is 318 g/mol. The summed E-state index contributed by atoms with van der Waals surface area (Å²) in [6.07, 6.45) is 0. The number of anilines is 1. The number of hydrogen-bond acceptors (Lipinski definition) is 3. The van der Waals surface area contributed by atoms with Crippen LogP contribution in [-0.2, 0) is 4.79 Å². The van der Waals surface area contributed by atoms with E-state index in [0.717, 1.165) is 17.2 Å². The number of thioether (sulfide) groups is 1. The summed E-state index contributed by atoms with van der Waals surface area (Å²) in [4.78, 5) is 11.8. The Morgan fingerprint density at radius 3 is 2.50 bits per heavy atom. The number of carbonyl (C=O) groups is 1. The van der Waals surface area contributed by atoms with Crippen LogP contribution in [0.3, 0.4) is 0 Å². The van der Waals surface area contributed by atoms with Crippen molar-refractivity contribution in [3.8, 4) is 5.75 Å². The fourth-order valence-electron chi connectivity index (χ4n) is 1.75. The van der Waals surface area contributed by atoms with Gasteiger partial charge in [0.15, 0.2) is 0 Å². The van der Waals surface area contributed by atoms with Gasteiger partial charge >= 0.3 is 0 Å². The summed E-state index contributed by atoms with van der Waals surface area (Å²) in [5.74, 6) is 1.95. The van der Waals surface area contributed by atoms with Gasteiger partial charge in [0.25, 0.3) is 0 Å². The Morgan fingerprint density at radius 2 is 1.82 bits per heavy atom. The first kappa shape index (κ1) is 16.7. The highest BCUT2D eigenvalue weighted by molar-refractivity contribution is 7.99. The van der Waals surface area contributed by atoms with Crippen LogP contribution in [0, 0.1) is 6.92 Å². The molecule has 0 atom stereocenters. The summed E-state index contributed by atoms with van der Waals surface area (Å²) in [5.41, 5.74) is 2.00. The van der Waals surface area contributed by atoms with Gasteiger partial charge < -0.3 is 10.1 Å². The molecule has 1 N–H and O–H groups in total. The molecule has 0 saturated heterocycles. The molecule has 2 aromatic rings. The quantitative estimate of drug-likeness (QED) is 0.762. The van der Waals surface area contributed by atoms with Gasteiger partial charge in [-0.15, -0.1) is 11.8 Å². The lowest BCUT2D eigenvalue weighted by molar-refractivity contribution is -0.113. The van der Waals surface area contributed by atoms with Gasteiger partial charge in [0.1, 0.15) is 5.75 Å². The smallest absolute Gasteiger partial charge is 0.234 e. The molecule has 5 heteroatoms. The van der Waals surface area contributed by atoms with Crippen LogP contribution in [0.15, 0.2) is 48.5 Å². The third-order valence-electron chi connectivity index (χ3n) is 2.88. The highest BCUT2D eigenvalue weighted by atomic mass is 35.5. The zero-order chi connectivity index (χ0) is 15.8. The van der Waals surface area contributed by atoms with E-state index in [9.17, 15) is 4.79 Å². The number of hydrogen-bond donors (Lipinski definition) is 1. The Morgan fingerprint density at radius 1 is 1.14 bits per heavy atom. The maximum atomic E-state index is 11.8. The van der Waals surface area contributed by atoms with Gasteiger partial charge in [-0.2, -0.15) is 0 Å². The maximum absolute atomic E-state index is 11.8. The summed E-state index contributed by atoms with van der Waals surface area (Å²) in [5, 5.41) is 3.56. The molecule has 1 amide bonds. The van der Waals surface area contributed by atoms with E-state index in [1.54, 1.807) is 23.9 Å². The first-order chi connectivity index (χ1) is 10.6. The average molecular weight is 336 g/mol. The number of amides is 1. The van der Waals surface area contributed by atoms with Crippen molar-refractivity contribution in [1.29, 1.82) is 0 Å². The fourth-order valence-corrected chi connectivity index (χ4v) is 2.48. The molecule has 0 aromatic heterocycles. The van der Waals surface area contributed by atoms with Gasteiger partial charge in [0.2, 0.25) is 5.91 Å². The van der Waals surface area contributed by atoms with E-state index in [0.29, 0.717) is 17.4 Å². The average Bonchev–Trinajstić information content (AvgIpc) is 2.51. The molecule has 0 bridgehead atoms. The Hall–Kier alpha value is -1.65. The van der Waals surface area contributed by atoms with E-state index in [2.05, 4.69) is 5.32 Å².